The second-order valence-electron chi connectivity index (χ2n) is 15.7. The lowest BCUT2D eigenvalue weighted by atomic mass is 9.46. The molecule has 1 saturated heterocycles. The number of hydrogen-bond acceptors (Lipinski definition) is 3. The van der Waals surface area contributed by atoms with Gasteiger partial charge in [0.25, 0.3) is 0 Å². The highest BCUT2D eigenvalue weighted by Gasteiger charge is 2.67. The Hall–Kier alpha value is -0.380. The van der Waals surface area contributed by atoms with Gasteiger partial charge in [0.05, 0.1) is 23.4 Å². The average Bonchev–Trinajstić information content (AvgIpc) is 3.20. The SMILES string of the molecule is C=C1C[C@@]2(CC[C@@H]([C@H]3CC[C@@H]4CC[C@@H](O)C[C@]4(O)C3)C2)[C@@H]2O[C@]2(C)CC[C@@H]2[C@@H]1C[C@]2(C)C1CCCC1. The molecule has 1 spiro atoms. The zero-order valence-electron chi connectivity index (χ0n) is 23.1. The van der Waals surface area contributed by atoms with Crippen molar-refractivity contribution in [3.63, 3.8) is 0 Å². The summed E-state index contributed by atoms with van der Waals surface area (Å²) in [6.45, 7) is 9.88. The van der Waals surface area contributed by atoms with Crippen molar-refractivity contribution in [1.29, 1.82) is 0 Å². The molecule has 7 fully saturated rings. The fraction of sp³-hybridized carbons (Fsp3) is 0.939. The molecule has 7 aliphatic rings. The molecule has 11 atom stereocenters. The van der Waals surface area contributed by atoms with E-state index in [1.54, 1.807) is 5.57 Å². The van der Waals surface area contributed by atoms with E-state index in [9.17, 15) is 10.2 Å². The van der Waals surface area contributed by atoms with Gasteiger partial charge in [0.15, 0.2) is 0 Å². The van der Waals surface area contributed by atoms with Crippen LogP contribution in [0.15, 0.2) is 12.2 Å². The first-order valence-electron chi connectivity index (χ1n) is 15.9. The van der Waals surface area contributed by atoms with Gasteiger partial charge in [-0.2, -0.15) is 0 Å². The summed E-state index contributed by atoms with van der Waals surface area (Å²) in [5.41, 5.74) is 1.84. The van der Waals surface area contributed by atoms with E-state index in [2.05, 4.69) is 13.8 Å². The van der Waals surface area contributed by atoms with Crippen molar-refractivity contribution in [3.05, 3.63) is 12.2 Å². The molecule has 3 heteroatoms. The maximum atomic E-state index is 11.6. The van der Waals surface area contributed by atoms with Crippen LogP contribution in [0.2, 0.25) is 0 Å². The van der Waals surface area contributed by atoms with Gasteiger partial charge in [-0.1, -0.05) is 31.9 Å². The van der Waals surface area contributed by atoms with E-state index in [0.29, 0.717) is 35.7 Å². The topological polar surface area (TPSA) is 53.0 Å². The van der Waals surface area contributed by atoms with E-state index in [1.165, 1.54) is 77.0 Å². The smallest absolute Gasteiger partial charge is 0.0930 e. The summed E-state index contributed by atoms with van der Waals surface area (Å²) < 4.78 is 6.70. The highest BCUT2D eigenvalue weighted by atomic mass is 16.6. The Morgan fingerprint density at radius 2 is 1.56 bits per heavy atom. The minimum Gasteiger partial charge on any atom is -0.393 e. The summed E-state index contributed by atoms with van der Waals surface area (Å²) >= 11 is 0. The van der Waals surface area contributed by atoms with Crippen LogP contribution in [0.1, 0.15) is 123 Å². The van der Waals surface area contributed by atoms with E-state index in [-0.39, 0.29) is 17.1 Å². The van der Waals surface area contributed by atoms with Crippen LogP contribution in [-0.2, 0) is 4.74 Å². The Labute approximate surface area is 219 Å². The Morgan fingerprint density at radius 3 is 2.36 bits per heavy atom. The molecule has 0 aromatic heterocycles. The fourth-order valence-electron chi connectivity index (χ4n) is 11.8. The van der Waals surface area contributed by atoms with Crippen molar-refractivity contribution in [2.75, 3.05) is 0 Å². The normalized spacial score (nSPS) is 57.2. The molecular formula is C33H52O3. The van der Waals surface area contributed by atoms with Gasteiger partial charge in [-0.15, -0.1) is 0 Å². The zero-order valence-corrected chi connectivity index (χ0v) is 23.1. The number of hydrogen-bond donors (Lipinski definition) is 2. The predicted molar refractivity (Wildman–Crippen MR) is 143 cm³/mol. The Kier molecular flexibility index (Phi) is 5.69. The minimum absolute atomic E-state index is 0.0829. The van der Waals surface area contributed by atoms with Gasteiger partial charge in [-0.05, 0) is 138 Å². The van der Waals surface area contributed by atoms with Gasteiger partial charge in [0.1, 0.15) is 0 Å². The van der Waals surface area contributed by atoms with Crippen LogP contribution in [0.4, 0.5) is 0 Å². The van der Waals surface area contributed by atoms with Crippen LogP contribution < -0.4 is 0 Å². The number of aliphatic hydroxyl groups is 2. The molecule has 1 aliphatic heterocycles. The van der Waals surface area contributed by atoms with Crippen LogP contribution in [0, 0.1) is 46.3 Å². The number of ether oxygens (including phenoxy) is 1. The summed E-state index contributed by atoms with van der Waals surface area (Å²) in [6, 6.07) is 0. The standard InChI is InChI=1S/C33H52O3/c1-21-16-32(15-12-23(17-32)22-8-9-25-10-11-26(34)19-33(25,35)18-22)29-31(3,36-29)14-13-28-27(21)20-30(28,2)24-6-4-5-7-24/h22-29,34-35H,1,4-20H2,2-3H3/t22-,23+,25+,26+,27+,28+,29+,30+,31+,32+,33+/m0/s1. The molecule has 0 amide bonds. The van der Waals surface area contributed by atoms with Crippen LogP contribution in [0.25, 0.3) is 0 Å². The Morgan fingerprint density at radius 1 is 0.806 bits per heavy atom. The zero-order chi connectivity index (χ0) is 24.9. The van der Waals surface area contributed by atoms with Crippen LogP contribution in [0.3, 0.4) is 0 Å². The number of rotatable bonds is 2. The van der Waals surface area contributed by atoms with Gasteiger partial charge in [0, 0.05) is 11.8 Å². The highest BCUT2D eigenvalue weighted by molar-refractivity contribution is 5.24. The van der Waals surface area contributed by atoms with Crippen molar-refractivity contribution < 1.29 is 14.9 Å². The van der Waals surface area contributed by atoms with Crippen molar-refractivity contribution in [3.8, 4) is 0 Å². The highest BCUT2D eigenvalue weighted by Crippen LogP contribution is 2.69. The third-order valence-electron chi connectivity index (χ3n) is 13.8. The molecule has 202 valence electrons. The second-order valence-corrected chi connectivity index (χ2v) is 15.7. The molecule has 6 aliphatic carbocycles. The Balaban J connectivity index is 1.09. The van der Waals surface area contributed by atoms with Crippen LogP contribution >= 0.6 is 0 Å². The first-order valence-corrected chi connectivity index (χ1v) is 15.9. The summed E-state index contributed by atoms with van der Waals surface area (Å²) in [5, 5.41) is 21.9. The monoisotopic (exact) mass is 496 g/mol. The number of allylic oxidation sites excluding steroid dienone is 1. The van der Waals surface area contributed by atoms with E-state index in [0.717, 1.165) is 43.4 Å². The fourth-order valence-corrected chi connectivity index (χ4v) is 11.8. The third-order valence-corrected chi connectivity index (χ3v) is 13.8. The minimum atomic E-state index is -0.618. The third kappa shape index (κ3) is 3.68. The number of fused-ring (bicyclic) bond motifs is 4. The molecular weight excluding hydrogens is 444 g/mol. The summed E-state index contributed by atoms with van der Waals surface area (Å²) in [4.78, 5) is 0. The largest absolute Gasteiger partial charge is 0.393 e. The number of epoxide rings is 1. The van der Waals surface area contributed by atoms with Crippen molar-refractivity contribution >= 4 is 0 Å². The van der Waals surface area contributed by atoms with Gasteiger partial charge < -0.3 is 14.9 Å². The molecule has 2 N–H and O–H groups in total. The van der Waals surface area contributed by atoms with Crippen LogP contribution in [0.5, 0.6) is 0 Å². The molecule has 0 bridgehead atoms. The molecule has 0 aromatic carbocycles. The summed E-state index contributed by atoms with van der Waals surface area (Å²) in [5.74, 6) is 4.25. The lowest BCUT2D eigenvalue weighted by Crippen LogP contribution is -2.51. The van der Waals surface area contributed by atoms with E-state index < -0.39 is 5.60 Å². The molecule has 7 rings (SSSR count). The first kappa shape index (κ1) is 24.6. The molecule has 0 radical (unpaired) electrons. The predicted octanol–water partition coefficient (Wildman–Crippen LogP) is 7.20. The van der Waals surface area contributed by atoms with E-state index in [1.807, 2.05) is 0 Å². The van der Waals surface area contributed by atoms with E-state index in [4.69, 9.17) is 11.3 Å². The van der Waals surface area contributed by atoms with Crippen molar-refractivity contribution in [1.82, 2.24) is 0 Å². The Bertz CT molecular complexity index is 893. The molecule has 0 unspecified atom stereocenters. The second kappa shape index (κ2) is 8.31. The summed E-state index contributed by atoms with van der Waals surface area (Å²) in [6.07, 6.45) is 20.8. The van der Waals surface area contributed by atoms with E-state index >= 15 is 0 Å². The maximum absolute atomic E-state index is 11.6. The van der Waals surface area contributed by atoms with Gasteiger partial charge in [0.2, 0.25) is 0 Å². The quantitative estimate of drug-likeness (QED) is 0.314. The maximum Gasteiger partial charge on any atom is 0.0930 e. The lowest BCUT2D eigenvalue weighted by molar-refractivity contribution is -0.127. The van der Waals surface area contributed by atoms with Gasteiger partial charge in [-0.3, -0.25) is 0 Å². The molecule has 6 saturated carbocycles. The van der Waals surface area contributed by atoms with Crippen molar-refractivity contribution in [2.45, 2.75) is 146 Å². The van der Waals surface area contributed by atoms with Crippen molar-refractivity contribution in [2.24, 2.45) is 46.3 Å². The first-order chi connectivity index (χ1) is 17.1. The number of aliphatic hydroxyl groups excluding tert-OH is 1. The van der Waals surface area contributed by atoms with Crippen LogP contribution in [-0.4, -0.2) is 33.6 Å². The summed E-state index contributed by atoms with van der Waals surface area (Å²) in [7, 11) is 0. The average molecular weight is 497 g/mol. The molecule has 1 heterocycles. The van der Waals surface area contributed by atoms with Gasteiger partial charge in [-0.25, -0.2) is 0 Å². The molecule has 3 nitrogen and oxygen atoms in total. The molecule has 36 heavy (non-hydrogen) atoms. The van der Waals surface area contributed by atoms with Gasteiger partial charge >= 0.3 is 0 Å². The molecule has 0 aromatic rings. The lowest BCUT2D eigenvalue weighted by Gasteiger charge is -2.58.